The van der Waals surface area contributed by atoms with E-state index in [4.69, 9.17) is 14.2 Å². The summed E-state index contributed by atoms with van der Waals surface area (Å²) in [7, 11) is 0. The van der Waals surface area contributed by atoms with Crippen LogP contribution in [0, 0.1) is 5.21 Å². The summed E-state index contributed by atoms with van der Waals surface area (Å²) in [6.45, 7) is 7.33. The lowest BCUT2D eigenvalue weighted by molar-refractivity contribution is 0.122. The van der Waals surface area contributed by atoms with Crippen LogP contribution in [0.15, 0.2) is 12.1 Å². The molecular weight excluding hydrogens is 276 g/mol. The molecule has 1 aromatic rings. The Bertz CT molecular complexity index is 461. The third-order valence-electron chi connectivity index (χ3n) is 3.20. The molecule has 2 rings (SSSR count). The number of morpholine rings is 1. The molecule has 1 heterocycles. The Morgan fingerprint density at radius 1 is 1.19 bits per heavy atom. The van der Waals surface area contributed by atoms with E-state index < -0.39 is 0 Å². The largest absolute Gasteiger partial charge is 0.733 e. The molecule has 1 aromatic carbocycles. The molecule has 0 radical (unpaired) electrons. The minimum absolute atomic E-state index is 0.0392. The quantitative estimate of drug-likeness (QED) is 0.805. The summed E-state index contributed by atoms with van der Waals surface area (Å²) in [6, 6.07) is 3.24. The van der Waals surface area contributed by atoms with Gasteiger partial charge < -0.3 is 29.5 Å². The van der Waals surface area contributed by atoms with E-state index in [-0.39, 0.29) is 10.9 Å². The second-order valence-electron chi connectivity index (χ2n) is 4.53. The zero-order valence-corrected chi connectivity index (χ0v) is 12.4. The van der Waals surface area contributed by atoms with Crippen molar-refractivity contribution in [2.45, 2.75) is 13.8 Å². The van der Waals surface area contributed by atoms with Gasteiger partial charge in [0, 0.05) is 25.2 Å². The van der Waals surface area contributed by atoms with Crippen LogP contribution < -0.4 is 19.6 Å². The molecule has 21 heavy (non-hydrogen) atoms. The van der Waals surface area contributed by atoms with E-state index in [9.17, 15) is 10.4 Å². The maximum Gasteiger partial charge on any atom is 0.146 e. The first-order valence-corrected chi connectivity index (χ1v) is 7.09. The van der Waals surface area contributed by atoms with E-state index in [2.05, 4.69) is 4.90 Å². The van der Waals surface area contributed by atoms with Crippen molar-refractivity contribution in [3.05, 3.63) is 17.3 Å². The highest BCUT2D eigenvalue weighted by atomic mass is 16.8. The van der Waals surface area contributed by atoms with Crippen LogP contribution in [-0.4, -0.2) is 44.7 Å². The topological polar surface area (TPSA) is 77.5 Å². The monoisotopic (exact) mass is 297 g/mol. The molecule has 1 aliphatic rings. The van der Waals surface area contributed by atoms with Crippen LogP contribution in [0.4, 0.5) is 11.4 Å². The average Bonchev–Trinajstić information content (AvgIpc) is 2.49. The second kappa shape index (κ2) is 7.35. The van der Waals surface area contributed by atoms with Gasteiger partial charge in [0.2, 0.25) is 0 Å². The van der Waals surface area contributed by atoms with Gasteiger partial charge in [-0.1, -0.05) is 0 Å². The van der Waals surface area contributed by atoms with Gasteiger partial charge in [-0.25, -0.2) is 0 Å². The Morgan fingerprint density at radius 3 is 2.38 bits per heavy atom. The lowest BCUT2D eigenvalue weighted by Crippen LogP contribution is -2.36. The molecule has 0 bridgehead atoms. The van der Waals surface area contributed by atoms with Gasteiger partial charge in [-0.3, -0.25) is 5.21 Å². The third-order valence-corrected chi connectivity index (χ3v) is 3.20. The predicted molar refractivity (Wildman–Crippen MR) is 79.4 cm³/mol. The molecule has 0 saturated carbocycles. The Kier molecular flexibility index (Phi) is 5.49. The molecule has 0 aromatic heterocycles. The normalized spacial score (nSPS) is 15.0. The summed E-state index contributed by atoms with van der Waals surface area (Å²) in [4.78, 5) is 2.12. The first-order chi connectivity index (χ1) is 10.2. The van der Waals surface area contributed by atoms with Gasteiger partial charge >= 0.3 is 0 Å². The second-order valence-corrected chi connectivity index (χ2v) is 4.53. The smallest absolute Gasteiger partial charge is 0.146 e. The lowest BCUT2D eigenvalue weighted by Gasteiger charge is -2.32. The van der Waals surface area contributed by atoms with E-state index >= 15 is 0 Å². The highest BCUT2D eigenvalue weighted by Crippen LogP contribution is 2.40. The van der Waals surface area contributed by atoms with E-state index in [1.54, 1.807) is 6.07 Å². The van der Waals surface area contributed by atoms with Gasteiger partial charge in [0.25, 0.3) is 0 Å². The fourth-order valence-electron chi connectivity index (χ4n) is 2.28. The highest BCUT2D eigenvalue weighted by Gasteiger charge is 2.19. The molecular formula is C14H21N2O5-. The van der Waals surface area contributed by atoms with Gasteiger partial charge in [-0.15, -0.1) is 0 Å². The molecule has 1 saturated heterocycles. The zero-order chi connectivity index (χ0) is 15.2. The van der Waals surface area contributed by atoms with Crippen LogP contribution >= 0.6 is 0 Å². The zero-order valence-electron chi connectivity index (χ0n) is 12.4. The maximum absolute atomic E-state index is 11.3. The summed E-state index contributed by atoms with van der Waals surface area (Å²) >= 11 is 0. The van der Waals surface area contributed by atoms with Gasteiger partial charge in [0.1, 0.15) is 11.5 Å². The lowest BCUT2D eigenvalue weighted by atomic mass is 10.2. The summed E-state index contributed by atoms with van der Waals surface area (Å²) in [5.41, 5.74) is 0.881. The van der Waals surface area contributed by atoms with Crippen LogP contribution in [0.1, 0.15) is 13.8 Å². The van der Waals surface area contributed by atoms with Crippen molar-refractivity contribution in [2.75, 3.05) is 49.6 Å². The van der Waals surface area contributed by atoms with Crippen molar-refractivity contribution >= 4 is 11.4 Å². The van der Waals surface area contributed by atoms with Crippen LogP contribution in [0.25, 0.3) is 0 Å². The fraction of sp³-hybridized carbons (Fsp3) is 0.571. The van der Waals surface area contributed by atoms with Crippen LogP contribution in [0.5, 0.6) is 11.5 Å². The molecule has 7 nitrogen and oxygen atoms in total. The SMILES string of the molecule is CCOc1cc(N2CCOCC2)c(OCC)cc1N([O-])O. The number of ether oxygens (including phenoxy) is 3. The predicted octanol–water partition coefficient (Wildman–Crippen LogP) is 2.01. The molecule has 0 aliphatic carbocycles. The van der Waals surface area contributed by atoms with Gasteiger partial charge in [-0.2, -0.15) is 0 Å². The Balaban J connectivity index is 2.41. The van der Waals surface area contributed by atoms with Crippen LogP contribution in [0.2, 0.25) is 0 Å². The van der Waals surface area contributed by atoms with Crippen molar-refractivity contribution in [3.8, 4) is 11.5 Å². The number of hydrogen-bond acceptors (Lipinski definition) is 7. The number of rotatable bonds is 6. The Morgan fingerprint density at radius 2 is 1.81 bits per heavy atom. The molecule has 0 spiro atoms. The first-order valence-electron chi connectivity index (χ1n) is 7.09. The van der Waals surface area contributed by atoms with E-state index in [0.29, 0.717) is 37.9 Å². The summed E-state index contributed by atoms with van der Waals surface area (Å²) in [5.74, 6) is 0.882. The van der Waals surface area contributed by atoms with Crippen molar-refractivity contribution < 1.29 is 19.4 Å². The molecule has 118 valence electrons. The minimum atomic E-state index is -0.198. The Hall–Kier alpha value is -1.70. The van der Waals surface area contributed by atoms with Crippen molar-refractivity contribution in [1.29, 1.82) is 0 Å². The third kappa shape index (κ3) is 3.69. The summed E-state index contributed by atoms with van der Waals surface area (Å²) in [5, 5.41) is 20.3. The number of nitrogens with zero attached hydrogens (tertiary/aromatic N) is 2. The van der Waals surface area contributed by atoms with Crippen molar-refractivity contribution in [2.24, 2.45) is 0 Å². The van der Waals surface area contributed by atoms with Gasteiger partial charge in [-0.05, 0) is 13.8 Å². The highest BCUT2D eigenvalue weighted by molar-refractivity contribution is 5.72. The number of anilines is 2. The number of benzene rings is 1. The molecule has 1 N–H and O–H groups in total. The Labute approximate surface area is 124 Å². The fourth-order valence-corrected chi connectivity index (χ4v) is 2.28. The average molecular weight is 297 g/mol. The molecule has 1 aliphatic heterocycles. The molecule has 0 atom stereocenters. The summed E-state index contributed by atoms with van der Waals surface area (Å²) < 4.78 is 16.4. The standard InChI is InChI=1S/C14H21N2O5/c1-3-20-13-10-12(16(17)18)14(21-4-2)9-11(13)15-5-7-19-8-6-15/h9-10,17H,3-8H2,1-2H3/q-1. The summed E-state index contributed by atoms with van der Waals surface area (Å²) in [6.07, 6.45) is 0. The van der Waals surface area contributed by atoms with Crippen molar-refractivity contribution in [3.63, 3.8) is 0 Å². The molecule has 0 amide bonds. The minimum Gasteiger partial charge on any atom is -0.733 e. The van der Waals surface area contributed by atoms with Gasteiger partial charge in [0.05, 0.1) is 37.8 Å². The van der Waals surface area contributed by atoms with Gasteiger partial charge in [0.15, 0.2) is 0 Å². The maximum atomic E-state index is 11.3. The molecule has 7 heteroatoms. The first kappa shape index (κ1) is 15.7. The van der Waals surface area contributed by atoms with Crippen molar-refractivity contribution in [1.82, 2.24) is 0 Å². The van der Waals surface area contributed by atoms with Crippen LogP contribution in [0.3, 0.4) is 0 Å². The molecule has 0 unspecified atom stereocenters. The van der Waals surface area contributed by atoms with E-state index in [1.807, 2.05) is 13.8 Å². The van der Waals surface area contributed by atoms with E-state index in [1.165, 1.54) is 6.07 Å². The van der Waals surface area contributed by atoms with E-state index in [0.717, 1.165) is 18.8 Å². The number of hydrogen-bond donors (Lipinski definition) is 1. The van der Waals surface area contributed by atoms with Crippen LogP contribution in [-0.2, 0) is 4.74 Å². The molecule has 1 fully saturated rings.